The van der Waals surface area contributed by atoms with Gasteiger partial charge in [0.1, 0.15) is 5.69 Å². The van der Waals surface area contributed by atoms with Crippen LogP contribution in [0.4, 0.5) is 14.5 Å². The number of hydrogen-bond donors (Lipinski definition) is 0. The van der Waals surface area contributed by atoms with Gasteiger partial charge in [0.05, 0.1) is 11.6 Å². The van der Waals surface area contributed by atoms with Crippen molar-refractivity contribution in [3.8, 4) is 6.07 Å². The zero-order chi connectivity index (χ0) is 16.4. The minimum absolute atomic E-state index is 0.0289. The lowest BCUT2D eigenvalue weighted by Crippen LogP contribution is -2.50. The molecule has 1 saturated heterocycles. The number of carbonyl (C=O) groups excluding carboxylic acids is 1. The maximum atomic E-state index is 14.1. The van der Waals surface area contributed by atoms with Crippen LogP contribution in [0.5, 0.6) is 0 Å². The first-order valence-electron chi connectivity index (χ1n) is 8.03. The zero-order valence-corrected chi connectivity index (χ0v) is 12.9. The van der Waals surface area contributed by atoms with Crippen LogP contribution in [0.2, 0.25) is 0 Å². The van der Waals surface area contributed by atoms with Gasteiger partial charge in [0, 0.05) is 32.1 Å². The molecule has 0 N–H and O–H groups in total. The SMILES string of the molecule is N#Cc1cc(F)c(N2CCN(C(=O)C3CCCC3)CC2)c(F)c1. The van der Waals surface area contributed by atoms with E-state index in [-0.39, 0.29) is 23.1 Å². The molecule has 1 amide bonds. The third-order valence-corrected chi connectivity index (χ3v) is 4.76. The molecule has 4 nitrogen and oxygen atoms in total. The summed E-state index contributed by atoms with van der Waals surface area (Å²) in [5.74, 6) is -1.14. The highest BCUT2D eigenvalue weighted by Crippen LogP contribution is 2.29. The van der Waals surface area contributed by atoms with Gasteiger partial charge in [0.25, 0.3) is 0 Å². The van der Waals surface area contributed by atoms with E-state index in [4.69, 9.17) is 5.26 Å². The van der Waals surface area contributed by atoms with Crippen molar-refractivity contribution < 1.29 is 13.6 Å². The van der Waals surface area contributed by atoms with Crippen molar-refractivity contribution in [3.63, 3.8) is 0 Å². The Morgan fingerprint density at radius 3 is 2.17 bits per heavy atom. The molecule has 0 atom stereocenters. The number of carbonyl (C=O) groups is 1. The number of hydrogen-bond acceptors (Lipinski definition) is 3. The van der Waals surface area contributed by atoms with Crippen LogP contribution in [0.25, 0.3) is 0 Å². The van der Waals surface area contributed by atoms with Gasteiger partial charge in [0.2, 0.25) is 5.91 Å². The van der Waals surface area contributed by atoms with Crippen LogP contribution in [0.15, 0.2) is 12.1 Å². The fraction of sp³-hybridized carbons (Fsp3) is 0.529. The van der Waals surface area contributed by atoms with Gasteiger partial charge in [-0.3, -0.25) is 4.79 Å². The summed E-state index contributed by atoms with van der Waals surface area (Å²) >= 11 is 0. The largest absolute Gasteiger partial charge is 0.363 e. The summed E-state index contributed by atoms with van der Waals surface area (Å²) in [5, 5.41) is 8.75. The lowest BCUT2D eigenvalue weighted by Gasteiger charge is -2.37. The Kier molecular flexibility index (Phi) is 4.46. The summed E-state index contributed by atoms with van der Waals surface area (Å²) < 4.78 is 28.1. The number of nitrogens with zero attached hydrogens (tertiary/aromatic N) is 3. The van der Waals surface area contributed by atoms with Crippen molar-refractivity contribution in [1.29, 1.82) is 5.26 Å². The van der Waals surface area contributed by atoms with Crippen molar-refractivity contribution >= 4 is 11.6 Å². The van der Waals surface area contributed by atoms with Gasteiger partial charge in [0.15, 0.2) is 11.6 Å². The molecular weight excluding hydrogens is 300 g/mol. The van der Waals surface area contributed by atoms with Gasteiger partial charge < -0.3 is 9.80 Å². The van der Waals surface area contributed by atoms with E-state index in [9.17, 15) is 13.6 Å². The molecule has 6 heteroatoms. The fourth-order valence-corrected chi connectivity index (χ4v) is 3.51. The molecule has 0 spiro atoms. The van der Waals surface area contributed by atoms with E-state index in [1.54, 1.807) is 11.0 Å². The van der Waals surface area contributed by atoms with Crippen LogP contribution < -0.4 is 4.90 Å². The second-order valence-electron chi connectivity index (χ2n) is 6.19. The molecule has 1 saturated carbocycles. The summed E-state index contributed by atoms with van der Waals surface area (Å²) in [6, 6.07) is 3.84. The monoisotopic (exact) mass is 319 g/mol. The highest BCUT2D eigenvalue weighted by atomic mass is 19.1. The van der Waals surface area contributed by atoms with Crippen molar-refractivity contribution in [1.82, 2.24) is 4.90 Å². The Labute approximate surface area is 134 Å². The fourth-order valence-electron chi connectivity index (χ4n) is 3.51. The number of halogens is 2. The topological polar surface area (TPSA) is 47.3 Å². The second-order valence-corrected chi connectivity index (χ2v) is 6.19. The van der Waals surface area contributed by atoms with Crippen molar-refractivity contribution in [2.24, 2.45) is 5.92 Å². The smallest absolute Gasteiger partial charge is 0.225 e. The molecule has 0 aromatic heterocycles. The van der Waals surface area contributed by atoms with E-state index >= 15 is 0 Å². The molecule has 1 aromatic carbocycles. The number of anilines is 1. The predicted molar refractivity (Wildman–Crippen MR) is 81.8 cm³/mol. The molecular formula is C17H19F2N3O. The van der Waals surface area contributed by atoms with Crippen molar-refractivity contribution in [2.45, 2.75) is 25.7 Å². The highest BCUT2D eigenvalue weighted by Gasteiger charge is 2.30. The quantitative estimate of drug-likeness (QED) is 0.842. The third kappa shape index (κ3) is 3.14. The zero-order valence-electron chi connectivity index (χ0n) is 12.9. The summed E-state index contributed by atoms with van der Waals surface area (Å²) in [7, 11) is 0. The first kappa shape index (κ1) is 15.7. The van der Waals surface area contributed by atoms with Crippen molar-refractivity contribution in [2.75, 3.05) is 31.1 Å². The Morgan fingerprint density at radius 2 is 1.65 bits per heavy atom. The van der Waals surface area contributed by atoms with Crippen LogP contribution in [0, 0.1) is 28.9 Å². The minimum Gasteiger partial charge on any atom is -0.363 e. The van der Waals surface area contributed by atoms with Crippen LogP contribution >= 0.6 is 0 Å². The summed E-state index contributed by atoms with van der Waals surface area (Å²) in [5.41, 5.74) is -0.129. The molecule has 2 fully saturated rings. The Balaban J connectivity index is 1.67. The number of nitriles is 1. The summed E-state index contributed by atoms with van der Waals surface area (Å²) in [4.78, 5) is 15.8. The first-order valence-corrected chi connectivity index (χ1v) is 8.03. The Morgan fingerprint density at radius 1 is 1.09 bits per heavy atom. The molecule has 0 bridgehead atoms. The van der Waals surface area contributed by atoms with Crippen LogP contribution in [0.1, 0.15) is 31.2 Å². The van der Waals surface area contributed by atoms with E-state index in [1.807, 2.05) is 4.90 Å². The van der Waals surface area contributed by atoms with Crippen LogP contribution in [-0.2, 0) is 4.79 Å². The molecule has 1 aliphatic heterocycles. The molecule has 1 aromatic rings. The third-order valence-electron chi connectivity index (χ3n) is 4.76. The normalized spacial score (nSPS) is 19.0. The van der Waals surface area contributed by atoms with Gasteiger partial charge in [-0.1, -0.05) is 12.8 Å². The number of piperazine rings is 1. The molecule has 0 radical (unpaired) electrons. The standard InChI is InChI=1S/C17H19F2N3O/c18-14-9-12(11-20)10-15(19)16(14)21-5-7-22(8-6-21)17(23)13-3-1-2-4-13/h9-10,13H,1-8H2. The van der Waals surface area contributed by atoms with Crippen LogP contribution in [-0.4, -0.2) is 37.0 Å². The molecule has 122 valence electrons. The average molecular weight is 319 g/mol. The molecule has 1 aliphatic carbocycles. The summed E-state index contributed by atoms with van der Waals surface area (Å²) in [6.45, 7) is 1.76. The molecule has 0 unspecified atom stereocenters. The Bertz CT molecular complexity index is 619. The lowest BCUT2D eigenvalue weighted by molar-refractivity contribution is -0.135. The maximum absolute atomic E-state index is 14.1. The molecule has 3 rings (SSSR count). The number of amides is 1. The van der Waals surface area contributed by atoms with E-state index in [2.05, 4.69) is 0 Å². The van der Waals surface area contributed by atoms with E-state index < -0.39 is 11.6 Å². The lowest BCUT2D eigenvalue weighted by atomic mass is 10.1. The highest BCUT2D eigenvalue weighted by molar-refractivity contribution is 5.79. The maximum Gasteiger partial charge on any atom is 0.225 e. The molecule has 1 heterocycles. The predicted octanol–water partition coefficient (Wildman–Crippen LogP) is 2.68. The van der Waals surface area contributed by atoms with E-state index in [0.29, 0.717) is 26.2 Å². The van der Waals surface area contributed by atoms with E-state index in [0.717, 1.165) is 37.8 Å². The molecule has 23 heavy (non-hydrogen) atoms. The first-order chi connectivity index (χ1) is 11.1. The van der Waals surface area contributed by atoms with Gasteiger partial charge in [-0.05, 0) is 25.0 Å². The van der Waals surface area contributed by atoms with Gasteiger partial charge in [-0.15, -0.1) is 0 Å². The van der Waals surface area contributed by atoms with Crippen LogP contribution in [0.3, 0.4) is 0 Å². The average Bonchev–Trinajstić information content (AvgIpc) is 3.08. The van der Waals surface area contributed by atoms with Gasteiger partial charge >= 0.3 is 0 Å². The van der Waals surface area contributed by atoms with Gasteiger partial charge in [-0.25, -0.2) is 8.78 Å². The second kappa shape index (κ2) is 6.53. The van der Waals surface area contributed by atoms with E-state index in [1.165, 1.54) is 0 Å². The Hall–Kier alpha value is -2.16. The van der Waals surface area contributed by atoms with Crippen molar-refractivity contribution in [3.05, 3.63) is 29.3 Å². The minimum atomic E-state index is -0.725. The number of benzene rings is 1. The number of rotatable bonds is 2. The summed E-state index contributed by atoms with van der Waals surface area (Å²) in [6.07, 6.45) is 4.13. The van der Waals surface area contributed by atoms with Gasteiger partial charge in [-0.2, -0.15) is 5.26 Å². The molecule has 2 aliphatic rings.